The van der Waals surface area contributed by atoms with E-state index in [1.165, 1.54) is 4.90 Å². The Bertz CT molecular complexity index is 498. The summed E-state index contributed by atoms with van der Waals surface area (Å²) >= 11 is 0. The molecule has 1 saturated carbocycles. The van der Waals surface area contributed by atoms with Gasteiger partial charge < -0.3 is 19.8 Å². The molecule has 6 nitrogen and oxygen atoms in total. The number of amides is 1. The molecule has 1 amide bonds. The molecule has 3 aliphatic rings. The van der Waals surface area contributed by atoms with Crippen molar-refractivity contribution in [3.05, 3.63) is 11.3 Å². The van der Waals surface area contributed by atoms with Gasteiger partial charge in [-0.25, -0.2) is 4.79 Å². The summed E-state index contributed by atoms with van der Waals surface area (Å²) in [7, 11) is 1.62. The van der Waals surface area contributed by atoms with Gasteiger partial charge in [0.25, 0.3) is 0 Å². The van der Waals surface area contributed by atoms with E-state index in [1.807, 2.05) is 0 Å². The van der Waals surface area contributed by atoms with Crippen molar-refractivity contribution in [2.45, 2.75) is 44.4 Å². The highest BCUT2D eigenvalue weighted by Gasteiger charge is 2.61. The number of carbonyl (C=O) groups is 2. The Morgan fingerprint density at radius 3 is 2.70 bits per heavy atom. The van der Waals surface area contributed by atoms with E-state index in [-0.39, 0.29) is 29.7 Å². The Labute approximate surface area is 117 Å². The Kier molecular flexibility index (Phi) is 3.10. The minimum absolute atomic E-state index is 0.0226. The molecular weight excluding hydrogens is 262 g/mol. The number of hydrogen-bond acceptors (Lipinski definition) is 4. The van der Waals surface area contributed by atoms with Gasteiger partial charge in [-0.05, 0) is 31.8 Å². The molecule has 1 saturated heterocycles. The van der Waals surface area contributed by atoms with Gasteiger partial charge in [-0.15, -0.1) is 0 Å². The number of ether oxygens (including phenoxy) is 1. The second-order valence-electron chi connectivity index (χ2n) is 5.89. The number of fused-ring (bicyclic) bond motifs is 3. The van der Waals surface area contributed by atoms with Crippen LogP contribution in [0.2, 0.25) is 0 Å². The number of nitrogens with zero attached hydrogens (tertiary/aromatic N) is 1. The first-order valence-corrected chi connectivity index (χ1v) is 6.97. The number of aliphatic hydroxyl groups excluding tert-OH is 1. The fourth-order valence-electron chi connectivity index (χ4n) is 4.00. The van der Waals surface area contributed by atoms with Gasteiger partial charge in [-0.3, -0.25) is 4.79 Å². The van der Waals surface area contributed by atoms with Crippen LogP contribution in [0.1, 0.15) is 26.2 Å². The van der Waals surface area contributed by atoms with Crippen LogP contribution in [-0.2, 0) is 14.3 Å². The molecule has 0 aromatic heterocycles. The highest BCUT2D eigenvalue weighted by atomic mass is 16.5. The molecule has 0 bridgehead atoms. The van der Waals surface area contributed by atoms with Crippen LogP contribution in [0.4, 0.5) is 0 Å². The van der Waals surface area contributed by atoms with Gasteiger partial charge in [0.15, 0.2) is 0 Å². The Balaban J connectivity index is 1.97. The molecular formula is C14H19NO5. The maximum atomic E-state index is 12.1. The van der Waals surface area contributed by atoms with E-state index < -0.39 is 18.0 Å². The SMILES string of the molecule is CO[C@@H]1CC[C@H]2C(=C(C(=O)O)N3C(=O)[C@H]([C@@H](C)O)[C@@H]23)C1. The summed E-state index contributed by atoms with van der Waals surface area (Å²) in [5.74, 6) is -1.73. The quantitative estimate of drug-likeness (QED) is 0.729. The summed E-state index contributed by atoms with van der Waals surface area (Å²) in [6, 6.07) is -0.179. The van der Waals surface area contributed by atoms with Crippen molar-refractivity contribution in [1.29, 1.82) is 0 Å². The number of rotatable bonds is 3. The molecule has 5 atom stereocenters. The summed E-state index contributed by atoms with van der Waals surface area (Å²) < 4.78 is 5.34. The Morgan fingerprint density at radius 1 is 1.45 bits per heavy atom. The second-order valence-corrected chi connectivity index (χ2v) is 5.89. The first-order valence-electron chi connectivity index (χ1n) is 6.97. The van der Waals surface area contributed by atoms with Gasteiger partial charge in [-0.2, -0.15) is 0 Å². The van der Waals surface area contributed by atoms with E-state index in [2.05, 4.69) is 0 Å². The van der Waals surface area contributed by atoms with Crippen molar-refractivity contribution in [3.8, 4) is 0 Å². The minimum atomic E-state index is -1.05. The second kappa shape index (κ2) is 4.56. The fraction of sp³-hybridized carbons (Fsp3) is 0.714. The topological polar surface area (TPSA) is 87.1 Å². The number of aliphatic carboxylic acids is 1. The third kappa shape index (κ3) is 1.64. The van der Waals surface area contributed by atoms with Crippen LogP contribution < -0.4 is 0 Å². The third-order valence-corrected chi connectivity index (χ3v) is 4.90. The van der Waals surface area contributed by atoms with Crippen molar-refractivity contribution in [1.82, 2.24) is 4.90 Å². The lowest BCUT2D eigenvalue weighted by Gasteiger charge is -2.47. The van der Waals surface area contributed by atoms with Crippen molar-refractivity contribution in [3.63, 3.8) is 0 Å². The number of methoxy groups -OCH3 is 1. The van der Waals surface area contributed by atoms with Crippen molar-refractivity contribution < 1.29 is 24.5 Å². The molecule has 2 aliphatic heterocycles. The molecule has 0 spiro atoms. The Hall–Kier alpha value is -1.40. The van der Waals surface area contributed by atoms with Crippen LogP contribution in [0.3, 0.4) is 0 Å². The summed E-state index contributed by atoms with van der Waals surface area (Å²) in [6.07, 6.45) is 1.52. The third-order valence-electron chi connectivity index (χ3n) is 4.90. The average Bonchev–Trinajstić information content (AvgIpc) is 2.68. The molecule has 1 aliphatic carbocycles. The van der Waals surface area contributed by atoms with Crippen molar-refractivity contribution >= 4 is 11.9 Å². The van der Waals surface area contributed by atoms with E-state index in [4.69, 9.17) is 4.74 Å². The van der Waals surface area contributed by atoms with Crippen LogP contribution in [0.15, 0.2) is 11.3 Å². The predicted molar refractivity (Wildman–Crippen MR) is 68.6 cm³/mol. The zero-order chi connectivity index (χ0) is 14.6. The molecule has 6 heteroatoms. The predicted octanol–water partition coefficient (Wildman–Crippen LogP) is 0.362. The normalized spacial score (nSPS) is 37.4. The maximum absolute atomic E-state index is 12.1. The minimum Gasteiger partial charge on any atom is -0.477 e. The highest BCUT2D eigenvalue weighted by molar-refractivity contribution is 6.00. The molecule has 2 heterocycles. The summed E-state index contributed by atoms with van der Waals surface area (Å²) in [6.45, 7) is 1.60. The summed E-state index contributed by atoms with van der Waals surface area (Å²) in [4.78, 5) is 25.0. The van der Waals surface area contributed by atoms with Gasteiger partial charge >= 0.3 is 5.97 Å². The van der Waals surface area contributed by atoms with Crippen LogP contribution in [-0.4, -0.2) is 52.3 Å². The monoisotopic (exact) mass is 281 g/mol. The van der Waals surface area contributed by atoms with Gasteiger partial charge in [0, 0.05) is 13.0 Å². The summed E-state index contributed by atoms with van der Waals surface area (Å²) in [5, 5.41) is 19.2. The number of β-lactam (4-membered cyclic amide) rings is 1. The van der Waals surface area contributed by atoms with Crippen LogP contribution in [0.5, 0.6) is 0 Å². The van der Waals surface area contributed by atoms with Gasteiger partial charge in [0.05, 0.1) is 24.2 Å². The van der Waals surface area contributed by atoms with Crippen LogP contribution in [0, 0.1) is 11.8 Å². The highest BCUT2D eigenvalue weighted by Crippen LogP contribution is 2.52. The molecule has 0 radical (unpaired) electrons. The molecule has 110 valence electrons. The Morgan fingerprint density at radius 2 is 2.15 bits per heavy atom. The van der Waals surface area contributed by atoms with E-state index in [9.17, 15) is 19.8 Å². The first kappa shape index (κ1) is 13.6. The molecule has 2 N–H and O–H groups in total. The van der Waals surface area contributed by atoms with Crippen LogP contribution in [0.25, 0.3) is 0 Å². The lowest BCUT2D eigenvalue weighted by atomic mass is 9.72. The van der Waals surface area contributed by atoms with E-state index in [1.54, 1.807) is 14.0 Å². The number of carboxylic acid groups (broad SMARTS) is 1. The van der Waals surface area contributed by atoms with Crippen molar-refractivity contribution in [2.24, 2.45) is 11.8 Å². The largest absolute Gasteiger partial charge is 0.477 e. The van der Waals surface area contributed by atoms with E-state index in [0.29, 0.717) is 6.42 Å². The maximum Gasteiger partial charge on any atom is 0.352 e. The van der Waals surface area contributed by atoms with Crippen LogP contribution >= 0.6 is 0 Å². The van der Waals surface area contributed by atoms with Crippen molar-refractivity contribution in [2.75, 3.05) is 7.11 Å². The molecule has 2 fully saturated rings. The molecule has 3 rings (SSSR count). The van der Waals surface area contributed by atoms with Gasteiger partial charge in [0.1, 0.15) is 5.70 Å². The standard InChI is InChI=1S/C14H19NO5/c1-6(16)10-11-8-4-3-7(20-2)5-9(8)12(14(18)19)15(11)13(10)17/h6-8,10-11,16H,3-5H2,1-2H3,(H,18,19)/t6-,7-,8+,10-,11-/m1/s1. The molecule has 0 unspecified atom stereocenters. The number of hydrogen-bond donors (Lipinski definition) is 2. The molecule has 0 aromatic carbocycles. The smallest absolute Gasteiger partial charge is 0.352 e. The number of carbonyl (C=O) groups excluding carboxylic acids is 1. The van der Waals surface area contributed by atoms with Gasteiger partial charge in [-0.1, -0.05) is 0 Å². The summed E-state index contributed by atoms with van der Waals surface area (Å²) in [5.41, 5.74) is 0.945. The number of aliphatic hydroxyl groups is 1. The van der Waals surface area contributed by atoms with E-state index in [0.717, 1.165) is 18.4 Å². The van der Waals surface area contributed by atoms with Gasteiger partial charge in [0.2, 0.25) is 5.91 Å². The average molecular weight is 281 g/mol. The lowest BCUT2D eigenvalue weighted by Crippen LogP contribution is -2.64. The van der Waals surface area contributed by atoms with E-state index >= 15 is 0 Å². The zero-order valence-electron chi connectivity index (χ0n) is 11.6. The lowest BCUT2D eigenvalue weighted by molar-refractivity contribution is -0.163. The zero-order valence-corrected chi connectivity index (χ0v) is 11.6. The first-order chi connectivity index (χ1) is 9.47. The molecule has 0 aromatic rings. The fourth-order valence-corrected chi connectivity index (χ4v) is 4.00. The molecule has 20 heavy (non-hydrogen) atoms. The number of carboxylic acids is 1.